The molecule has 0 aromatic carbocycles. The van der Waals surface area contributed by atoms with Gasteiger partial charge in [-0.3, -0.25) is 9.05 Å². The third-order valence-corrected chi connectivity index (χ3v) is 15.8. The molecule has 0 aliphatic rings. The summed E-state index contributed by atoms with van der Waals surface area (Å²) < 4.78 is 65.3. The van der Waals surface area contributed by atoms with Gasteiger partial charge in [-0.1, -0.05) is 0 Å². The Kier molecular flexibility index (Phi) is 12.6. The van der Waals surface area contributed by atoms with Crippen LogP contribution in [-0.4, -0.2) is 59.7 Å². The lowest BCUT2D eigenvalue weighted by molar-refractivity contribution is 0.0615. The first-order valence-electron chi connectivity index (χ1n) is 10.4. The van der Waals surface area contributed by atoms with Gasteiger partial charge in [-0.2, -0.15) is 0 Å². The molecular weight excluding hydrogens is 510 g/mol. The van der Waals surface area contributed by atoms with Crippen molar-refractivity contribution in [2.75, 3.05) is 26.4 Å². The lowest BCUT2D eigenvalue weighted by Gasteiger charge is -2.30. The van der Waals surface area contributed by atoms with E-state index in [0.29, 0.717) is 0 Å². The number of rotatable bonds is 16. The Morgan fingerprint density at radius 3 is 0.871 bits per heavy atom. The summed E-state index contributed by atoms with van der Waals surface area (Å²) in [6.07, 6.45) is 0. The van der Waals surface area contributed by atoms with Gasteiger partial charge in [0.05, 0.1) is 26.4 Å². The second-order valence-corrected chi connectivity index (χ2v) is 33.1. The van der Waals surface area contributed by atoms with Crippen LogP contribution in [0.2, 0.25) is 78.6 Å². The maximum atomic E-state index is 13.0. The SMILES string of the molecule is C[Si](C)(C)OP(=O)(OCCOCCOP(=O)(O[Si](C)(C)C)O[Si](C)(C)C)O[Si](C)(C)C. The van der Waals surface area contributed by atoms with Crippen LogP contribution in [0.15, 0.2) is 0 Å². The molecule has 0 atom stereocenters. The van der Waals surface area contributed by atoms with Crippen LogP contribution < -0.4 is 0 Å². The van der Waals surface area contributed by atoms with Crippen molar-refractivity contribution < 1.29 is 39.8 Å². The van der Waals surface area contributed by atoms with Gasteiger partial charge in [-0.05, 0) is 78.6 Å². The first kappa shape index (κ1) is 32.0. The molecule has 0 unspecified atom stereocenters. The number of hydrogen-bond donors (Lipinski definition) is 0. The summed E-state index contributed by atoms with van der Waals surface area (Å²) in [5.74, 6) is 0. The van der Waals surface area contributed by atoms with Crippen molar-refractivity contribution in [3.8, 4) is 0 Å². The standard InChI is InChI=1S/C16H44O9P2Si4/c1-28(2,3)22-26(17,23-29(4,5)6)20-15-13-19-14-16-21-27(18,24-30(7,8)9)25-31(10,11)12/h13-16H2,1-12H3. The van der Waals surface area contributed by atoms with Crippen LogP contribution in [0.3, 0.4) is 0 Å². The molecule has 0 rings (SSSR count). The molecule has 0 amide bonds. The molecule has 0 aromatic heterocycles. The van der Waals surface area contributed by atoms with Gasteiger partial charge in [0.25, 0.3) is 0 Å². The Labute approximate surface area is 193 Å². The van der Waals surface area contributed by atoms with Crippen LogP contribution in [-0.2, 0) is 39.8 Å². The molecule has 0 aliphatic carbocycles. The average molecular weight is 555 g/mol. The van der Waals surface area contributed by atoms with Gasteiger partial charge >= 0.3 is 15.6 Å². The Morgan fingerprint density at radius 2 is 0.677 bits per heavy atom. The van der Waals surface area contributed by atoms with Gasteiger partial charge in [-0.25, -0.2) is 9.13 Å². The molecule has 0 heterocycles. The average Bonchev–Trinajstić information content (AvgIpc) is 2.37. The van der Waals surface area contributed by atoms with Gasteiger partial charge in [0, 0.05) is 0 Å². The Morgan fingerprint density at radius 1 is 0.452 bits per heavy atom. The van der Waals surface area contributed by atoms with Crippen LogP contribution >= 0.6 is 15.6 Å². The maximum absolute atomic E-state index is 13.0. The highest BCUT2D eigenvalue weighted by Crippen LogP contribution is 2.54. The van der Waals surface area contributed by atoms with E-state index in [9.17, 15) is 9.13 Å². The minimum atomic E-state index is -3.65. The van der Waals surface area contributed by atoms with Crippen LogP contribution in [0.5, 0.6) is 0 Å². The third-order valence-electron chi connectivity index (χ3n) is 2.50. The molecular formula is C16H44O9P2Si4. The molecule has 188 valence electrons. The quantitative estimate of drug-likeness (QED) is 0.118. The van der Waals surface area contributed by atoms with E-state index in [1.165, 1.54) is 0 Å². The van der Waals surface area contributed by atoms with E-state index >= 15 is 0 Å². The number of ether oxygens (including phenoxy) is 1. The van der Waals surface area contributed by atoms with Crippen molar-refractivity contribution in [3.63, 3.8) is 0 Å². The topological polar surface area (TPSA) is 98.8 Å². The fourth-order valence-corrected chi connectivity index (χ4v) is 15.1. The van der Waals surface area contributed by atoms with Crippen LogP contribution in [0.25, 0.3) is 0 Å². The lowest BCUT2D eigenvalue weighted by Crippen LogP contribution is -2.31. The van der Waals surface area contributed by atoms with E-state index in [-0.39, 0.29) is 26.4 Å². The molecule has 0 radical (unpaired) electrons. The van der Waals surface area contributed by atoms with E-state index < -0.39 is 48.9 Å². The smallest absolute Gasteiger partial charge is 0.377 e. The minimum Gasteiger partial charge on any atom is -0.377 e. The van der Waals surface area contributed by atoms with Gasteiger partial charge in [-0.15, -0.1) is 0 Å². The summed E-state index contributed by atoms with van der Waals surface area (Å²) in [5, 5.41) is 0. The summed E-state index contributed by atoms with van der Waals surface area (Å²) >= 11 is 0. The van der Waals surface area contributed by atoms with Crippen LogP contribution in [0, 0.1) is 0 Å². The van der Waals surface area contributed by atoms with Gasteiger partial charge < -0.3 is 21.6 Å². The fraction of sp³-hybridized carbons (Fsp3) is 1.00. The molecule has 9 nitrogen and oxygen atoms in total. The molecule has 0 bridgehead atoms. The van der Waals surface area contributed by atoms with Crippen LogP contribution in [0.4, 0.5) is 0 Å². The van der Waals surface area contributed by atoms with E-state index in [2.05, 4.69) is 0 Å². The molecule has 0 aliphatic heterocycles. The van der Waals surface area contributed by atoms with E-state index in [0.717, 1.165) is 0 Å². The molecule has 0 saturated carbocycles. The fourth-order valence-electron chi connectivity index (χ4n) is 2.00. The first-order valence-corrected chi connectivity index (χ1v) is 27.0. The zero-order valence-corrected chi connectivity index (χ0v) is 27.2. The number of phosphoric acid groups is 2. The van der Waals surface area contributed by atoms with E-state index in [1.807, 2.05) is 78.6 Å². The van der Waals surface area contributed by atoms with Crippen LogP contribution in [0.1, 0.15) is 0 Å². The zero-order valence-electron chi connectivity index (χ0n) is 21.4. The van der Waals surface area contributed by atoms with Gasteiger partial charge in [0.1, 0.15) is 0 Å². The monoisotopic (exact) mass is 554 g/mol. The molecule has 31 heavy (non-hydrogen) atoms. The molecule has 0 saturated heterocycles. The Bertz CT molecular complexity index is 543. The first-order chi connectivity index (χ1) is 13.5. The third kappa shape index (κ3) is 19.1. The summed E-state index contributed by atoms with van der Waals surface area (Å²) in [5.41, 5.74) is 0. The predicted molar refractivity (Wildman–Crippen MR) is 136 cm³/mol. The second-order valence-electron chi connectivity index (χ2n) is 11.0. The largest absolute Gasteiger partial charge is 0.455 e. The zero-order chi connectivity index (χ0) is 24.8. The van der Waals surface area contributed by atoms with E-state index in [1.54, 1.807) is 0 Å². The maximum Gasteiger partial charge on any atom is 0.455 e. The van der Waals surface area contributed by atoms with Crippen molar-refractivity contribution in [1.29, 1.82) is 0 Å². The highest BCUT2D eigenvalue weighted by molar-refractivity contribution is 7.52. The van der Waals surface area contributed by atoms with Gasteiger partial charge in [0.2, 0.25) is 0 Å². The summed E-state index contributed by atoms with van der Waals surface area (Å²) in [4.78, 5) is 0. The molecule has 15 heteroatoms. The highest BCUT2D eigenvalue weighted by Gasteiger charge is 2.39. The van der Waals surface area contributed by atoms with Crippen molar-refractivity contribution in [2.24, 2.45) is 0 Å². The van der Waals surface area contributed by atoms with Crippen molar-refractivity contribution in [2.45, 2.75) is 78.6 Å². The highest BCUT2D eigenvalue weighted by atomic mass is 31.2. The lowest BCUT2D eigenvalue weighted by atomic mass is 10.7. The Balaban J connectivity index is 4.61. The predicted octanol–water partition coefficient (Wildman–Crippen LogP) is 6.66. The summed E-state index contributed by atoms with van der Waals surface area (Å²) in [6, 6.07) is 0. The molecule has 0 N–H and O–H groups in total. The number of hydrogen-bond acceptors (Lipinski definition) is 9. The van der Waals surface area contributed by atoms with Crippen molar-refractivity contribution in [3.05, 3.63) is 0 Å². The normalized spacial score (nSPS) is 14.8. The van der Waals surface area contributed by atoms with E-state index in [4.69, 9.17) is 30.6 Å². The van der Waals surface area contributed by atoms with Crippen molar-refractivity contribution >= 4 is 48.9 Å². The molecule has 0 spiro atoms. The Hall–Kier alpha value is 1.05. The second kappa shape index (κ2) is 12.1. The molecule has 0 fully saturated rings. The molecule has 0 aromatic rings. The summed E-state index contributed by atoms with van der Waals surface area (Å²) in [6.45, 7) is 23.5. The minimum absolute atomic E-state index is 0.0424. The van der Waals surface area contributed by atoms with Crippen molar-refractivity contribution in [1.82, 2.24) is 0 Å². The van der Waals surface area contributed by atoms with Gasteiger partial charge in [0.15, 0.2) is 33.3 Å². The summed E-state index contributed by atoms with van der Waals surface area (Å²) in [7, 11) is -15.9.